The lowest BCUT2D eigenvalue weighted by molar-refractivity contribution is -0.0311. The van der Waals surface area contributed by atoms with Crippen LogP contribution in [0.4, 0.5) is 0 Å². The number of hydrogen-bond donors (Lipinski definition) is 0. The van der Waals surface area contributed by atoms with Gasteiger partial charge in [-0.25, -0.2) is 0 Å². The maximum atomic E-state index is 6.05. The number of halogens is 1. The molecular weight excluding hydrogens is 274 g/mol. The summed E-state index contributed by atoms with van der Waals surface area (Å²) in [7, 11) is 0. The summed E-state index contributed by atoms with van der Waals surface area (Å²) in [5, 5.41) is 4.99. The maximum absolute atomic E-state index is 6.05. The highest BCUT2D eigenvalue weighted by Gasteiger charge is 2.21. The van der Waals surface area contributed by atoms with Crippen LogP contribution in [0.15, 0.2) is 42.7 Å². The first-order valence-corrected chi connectivity index (χ1v) is 7.26. The fraction of sp³-hybridized carbons (Fsp3) is 0.400. The number of aromatic nitrogens is 2. The van der Waals surface area contributed by atoms with Crippen molar-refractivity contribution in [3.8, 4) is 0 Å². The van der Waals surface area contributed by atoms with Crippen LogP contribution in [0.2, 0.25) is 5.02 Å². The standard InChI is InChI=1S/C15H18ClN3O/c16-14-4-1-3-13(11-14)15-12-18(9-10-20-15)7-8-19-6-2-5-17-19/h1-6,11,15H,7-10,12H2/t15-/m0/s1. The average molecular weight is 292 g/mol. The van der Waals surface area contributed by atoms with Gasteiger partial charge in [0.1, 0.15) is 0 Å². The van der Waals surface area contributed by atoms with Gasteiger partial charge in [-0.15, -0.1) is 0 Å². The van der Waals surface area contributed by atoms with E-state index >= 15 is 0 Å². The summed E-state index contributed by atoms with van der Waals surface area (Å²) in [4.78, 5) is 2.41. The van der Waals surface area contributed by atoms with Crippen molar-refractivity contribution < 1.29 is 4.74 Å². The molecule has 1 atom stereocenters. The number of hydrogen-bond acceptors (Lipinski definition) is 3. The lowest BCUT2D eigenvalue weighted by atomic mass is 10.1. The SMILES string of the molecule is Clc1cccc([C@@H]2CN(CCn3cccn3)CCO2)c1. The Balaban J connectivity index is 1.59. The monoisotopic (exact) mass is 291 g/mol. The van der Waals surface area contributed by atoms with E-state index in [1.165, 1.54) is 0 Å². The highest BCUT2D eigenvalue weighted by Crippen LogP contribution is 2.24. The van der Waals surface area contributed by atoms with Crippen molar-refractivity contribution in [2.24, 2.45) is 0 Å². The largest absolute Gasteiger partial charge is 0.371 e. The molecule has 0 spiro atoms. The van der Waals surface area contributed by atoms with Gasteiger partial charge in [-0.2, -0.15) is 5.10 Å². The fourth-order valence-electron chi connectivity index (χ4n) is 2.49. The van der Waals surface area contributed by atoms with Gasteiger partial charge in [0.2, 0.25) is 0 Å². The summed E-state index contributed by atoms with van der Waals surface area (Å²) in [5.41, 5.74) is 1.15. The van der Waals surface area contributed by atoms with E-state index in [4.69, 9.17) is 16.3 Å². The average Bonchev–Trinajstić information content (AvgIpc) is 2.99. The van der Waals surface area contributed by atoms with E-state index in [2.05, 4.69) is 16.1 Å². The van der Waals surface area contributed by atoms with Gasteiger partial charge < -0.3 is 4.74 Å². The number of rotatable bonds is 4. The van der Waals surface area contributed by atoms with Crippen LogP contribution < -0.4 is 0 Å². The van der Waals surface area contributed by atoms with Crippen LogP contribution in [-0.4, -0.2) is 40.9 Å². The van der Waals surface area contributed by atoms with Crippen molar-refractivity contribution in [1.29, 1.82) is 0 Å². The zero-order chi connectivity index (χ0) is 13.8. The number of nitrogens with zero attached hydrogens (tertiary/aromatic N) is 3. The van der Waals surface area contributed by atoms with E-state index in [-0.39, 0.29) is 6.10 Å². The highest BCUT2D eigenvalue weighted by molar-refractivity contribution is 6.30. The number of ether oxygens (including phenoxy) is 1. The van der Waals surface area contributed by atoms with Crippen LogP contribution in [0.3, 0.4) is 0 Å². The van der Waals surface area contributed by atoms with Gasteiger partial charge in [-0.05, 0) is 23.8 Å². The first-order chi connectivity index (χ1) is 9.81. The highest BCUT2D eigenvalue weighted by atomic mass is 35.5. The second-order valence-corrected chi connectivity index (χ2v) is 5.42. The Labute approximate surface area is 123 Å². The second-order valence-electron chi connectivity index (χ2n) is 4.98. The Morgan fingerprint density at radius 3 is 3.05 bits per heavy atom. The lowest BCUT2D eigenvalue weighted by Gasteiger charge is -2.33. The van der Waals surface area contributed by atoms with Crippen molar-refractivity contribution in [2.45, 2.75) is 12.6 Å². The summed E-state index contributed by atoms with van der Waals surface area (Å²) in [6.07, 6.45) is 3.92. The molecule has 0 amide bonds. The van der Waals surface area contributed by atoms with Crippen LogP contribution in [-0.2, 0) is 11.3 Å². The molecule has 0 unspecified atom stereocenters. The van der Waals surface area contributed by atoms with E-state index in [0.717, 1.165) is 43.4 Å². The summed E-state index contributed by atoms with van der Waals surface area (Å²) >= 11 is 6.05. The van der Waals surface area contributed by atoms with Gasteiger partial charge in [0.25, 0.3) is 0 Å². The van der Waals surface area contributed by atoms with Gasteiger partial charge in [-0.1, -0.05) is 23.7 Å². The molecule has 1 fully saturated rings. The molecule has 0 saturated carbocycles. The van der Waals surface area contributed by atoms with Crippen LogP contribution in [0.5, 0.6) is 0 Å². The van der Waals surface area contributed by atoms with E-state index in [9.17, 15) is 0 Å². The van der Waals surface area contributed by atoms with Gasteiger partial charge in [0, 0.05) is 37.1 Å². The molecule has 5 heteroatoms. The summed E-state index contributed by atoms with van der Waals surface area (Å²) in [5.74, 6) is 0. The third-order valence-electron chi connectivity index (χ3n) is 3.58. The van der Waals surface area contributed by atoms with Gasteiger partial charge in [0.05, 0.1) is 19.3 Å². The van der Waals surface area contributed by atoms with Crippen molar-refractivity contribution in [1.82, 2.24) is 14.7 Å². The van der Waals surface area contributed by atoms with E-state index < -0.39 is 0 Å². The third-order valence-corrected chi connectivity index (χ3v) is 3.81. The molecule has 1 aromatic carbocycles. The molecular formula is C15H18ClN3O. The summed E-state index contributed by atoms with van der Waals surface area (Å²) < 4.78 is 7.83. The Morgan fingerprint density at radius 1 is 1.30 bits per heavy atom. The molecule has 4 nitrogen and oxygen atoms in total. The van der Waals surface area contributed by atoms with Crippen molar-refractivity contribution in [2.75, 3.05) is 26.2 Å². The smallest absolute Gasteiger partial charge is 0.0952 e. The molecule has 0 radical (unpaired) electrons. The van der Waals surface area contributed by atoms with Gasteiger partial charge in [-0.3, -0.25) is 9.58 Å². The predicted molar refractivity (Wildman–Crippen MR) is 78.8 cm³/mol. The molecule has 3 rings (SSSR count). The first kappa shape index (κ1) is 13.6. The molecule has 1 saturated heterocycles. The predicted octanol–water partition coefficient (Wildman–Crippen LogP) is 2.61. The van der Waals surface area contributed by atoms with Crippen molar-refractivity contribution in [3.63, 3.8) is 0 Å². The minimum absolute atomic E-state index is 0.111. The van der Waals surface area contributed by atoms with Crippen molar-refractivity contribution >= 4 is 11.6 Å². The minimum atomic E-state index is 0.111. The van der Waals surface area contributed by atoms with Gasteiger partial charge >= 0.3 is 0 Å². The molecule has 0 bridgehead atoms. The second kappa shape index (κ2) is 6.39. The third kappa shape index (κ3) is 3.39. The molecule has 0 N–H and O–H groups in total. The fourth-order valence-corrected chi connectivity index (χ4v) is 2.69. The van der Waals surface area contributed by atoms with E-state index in [0.29, 0.717) is 0 Å². The Bertz CT molecular complexity index is 544. The van der Waals surface area contributed by atoms with Crippen molar-refractivity contribution in [3.05, 3.63) is 53.3 Å². The topological polar surface area (TPSA) is 30.3 Å². The van der Waals surface area contributed by atoms with Crippen LogP contribution in [0.25, 0.3) is 0 Å². The van der Waals surface area contributed by atoms with E-state index in [1.807, 2.05) is 41.3 Å². The summed E-state index contributed by atoms with van der Waals surface area (Å²) in [6, 6.07) is 9.89. The minimum Gasteiger partial charge on any atom is -0.371 e. The number of morpholine rings is 1. The Hall–Kier alpha value is -1.36. The normalized spacial score (nSPS) is 20.1. The van der Waals surface area contributed by atoms with E-state index in [1.54, 1.807) is 0 Å². The molecule has 20 heavy (non-hydrogen) atoms. The Kier molecular flexibility index (Phi) is 4.35. The zero-order valence-electron chi connectivity index (χ0n) is 11.3. The summed E-state index contributed by atoms with van der Waals surface area (Å²) in [6.45, 7) is 4.54. The molecule has 0 aliphatic carbocycles. The molecule has 2 aromatic rings. The Morgan fingerprint density at radius 2 is 2.25 bits per heavy atom. The zero-order valence-corrected chi connectivity index (χ0v) is 12.0. The molecule has 106 valence electrons. The molecule has 1 aliphatic heterocycles. The van der Waals surface area contributed by atoms with Crippen LogP contribution >= 0.6 is 11.6 Å². The molecule has 1 aromatic heterocycles. The lowest BCUT2D eigenvalue weighted by Crippen LogP contribution is -2.40. The van der Waals surface area contributed by atoms with Crippen LogP contribution in [0, 0.1) is 0 Å². The quantitative estimate of drug-likeness (QED) is 0.867. The maximum Gasteiger partial charge on any atom is 0.0952 e. The first-order valence-electron chi connectivity index (χ1n) is 6.88. The number of benzene rings is 1. The van der Waals surface area contributed by atoms with Gasteiger partial charge in [0.15, 0.2) is 0 Å². The van der Waals surface area contributed by atoms with Crippen LogP contribution in [0.1, 0.15) is 11.7 Å². The molecule has 1 aliphatic rings. The molecule has 2 heterocycles.